The molecule has 0 aliphatic carbocycles. The normalized spacial score (nSPS) is 12.4. The van der Waals surface area contributed by atoms with Crippen LogP contribution in [0.1, 0.15) is 12.0 Å². The molecule has 0 radical (unpaired) electrons. The van der Waals surface area contributed by atoms with Gasteiger partial charge in [0, 0.05) is 18.5 Å². The van der Waals surface area contributed by atoms with Crippen LogP contribution in [0.5, 0.6) is 0 Å². The van der Waals surface area contributed by atoms with E-state index >= 15 is 0 Å². The molecule has 2 N–H and O–H groups in total. The molecule has 0 atom stereocenters. The molecule has 144 valence electrons. The molecule has 27 heavy (non-hydrogen) atoms. The highest BCUT2D eigenvalue weighted by Gasteiger charge is 2.36. The molecule has 2 aromatic carbocycles. The quantitative estimate of drug-likeness (QED) is 0.570. The Morgan fingerprint density at radius 3 is 2.48 bits per heavy atom. The van der Waals surface area contributed by atoms with Crippen LogP contribution in [0.15, 0.2) is 53.4 Å². The maximum absolute atomic E-state index is 13.0. The first-order valence-electron chi connectivity index (χ1n) is 8.03. The number of hydrogen-bond donors (Lipinski definition) is 2. The Morgan fingerprint density at radius 2 is 1.70 bits per heavy atom. The minimum Gasteiger partial charge on any atom is -0.369 e. The van der Waals surface area contributed by atoms with Gasteiger partial charge in [0.2, 0.25) is 10.0 Å². The van der Waals surface area contributed by atoms with Gasteiger partial charge in [0.25, 0.3) is 0 Å². The second-order valence-corrected chi connectivity index (χ2v) is 8.24. The molecule has 0 spiro atoms. The van der Waals surface area contributed by atoms with E-state index in [1.807, 2.05) is 24.3 Å². The highest BCUT2D eigenvalue weighted by Crippen LogP contribution is 2.33. The lowest BCUT2D eigenvalue weighted by atomic mass is 10.2. The minimum atomic E-state index is -4.74. The van der Waals surface area contributed by atoms with Crippen LogP contribution >= 0.6 is 11.5 Å². The molecule has 10 heteroatoms. The van der Waals surface area contributed by atoms with Gasteiger partial charge in [-0.3, -0.25) is 0 Å². The molecule has 3 aromatic rings. The maximum Gasteiger partial charge on any atom is 0.417 e. The van der Waals surface area contributed by atoms with Gasteiger partial charge >= 0.3 is 6.18 Å². The van der Waals surface area contributed by atoms with E-state index in [4.69, 9.17) is 0 Å². The highest BCUT2D eigenvalue weighted by atomic mass is 32.2. The van der Waals surface area contributed by atoms with E-state index in [9.17, 15) is 21.6 Å². The van der Waals surface area contributed by atoms with Crippen LogP contribution in [0.25, 0.3) is 10.1 Å². The Hall–Kier alpha value is -2.17. The van der Waals surface area contributed by atoms with Gasteiger partial charge in [0.15, 0.2) is 0 Å². The number of aromatic nitrogens is 1. The van der Waals surface area contributed by atoms with E-state index in [1.54, 1.807) is 0 Å². The predicted molar refractivity (Wildman–Crippen MR) is 99.4 cm³/mol. The van der Waals surface area contributed by atoms with E-state index in [-0.39, 0.29) is 6.54 Å². The molecule has 1 heterocycles. The topological polar surface area (TPSA) is 71.1 Å². The number of nitrogens with zero attached hydrogens (tertiary/aromatic N) is 1. The Morgan fingerprint density at radius 1 is 1.00 bits per heavy atom. The molecule has 0 unspecified atom stereocenters. The minimum absolute atomic E-state index is 0.00357. The summed E-state index contributed by atoms with van der Waals surface area (Å²) in [4.78, 5) is -0.768. The van der Waals surface area contributed by atoms with Gasteiger partial charge in [-0.1, -0.05) is 24.3 Å². The number of halogens is 3. The zero-order chi connectivity index (χ0) is 19.5. The first-order valence-corrected chi connectivity index (χ1v) is 10.3. The molecule has 1 aromatic heterocycles. The molecule has 0 amide bonds. The van der Waals surface area contributed by atoms with Crippen molar-refractivity contribution in [2.45, 2.75) is 17.5 Å². The molecule has 3 rings (SSSR count). The van der Waals surface area contributed by atoms with Crippen LogP contribution in [0.3, 0.4) is 0 Å². The van der Waals surface area contributed by atoms with E-state index in [0.717, 1.165) is 28.3 Å². The summed E-state index contributed by atoms with van der Waals surface area (Å²) in [7, 11) is -4.25. The fourth-order valence-electron chi connectivity index (χ4n) is 2.53. The highest BCUT2D eigenvalue weighted by molar-refractivity contribution is 7.89. The van der Waals surface area contributed by atoms with Gasteiger partial charge in [-0.05, 0) is 42.2 Å². The van der Waals surface area contributed by atoms with Gasteiger partial charge in [0.05, 0.1) is 15.2 Å². The van der Waals surface area contributed by atoms with Gasteiger partial charge < -0.3 is 5.32 Å². The van der Waals surface area contributed by atoms with Crippen molar-refractivity contribution in [2.75, 3.05) is 18.4 Å². The standard InChI is InChI=1S/C17H16F3N3O2S2/c18-17(19,20)13-7-2-4-9-15(13)27(24,25)22-11-5-10-21-16-12-6-1-3-8-14(12)26-23-16/h1-4,6-9,22H,5,10-11H2,(H,21,23). The molecule has 0 aliphatic rings. The zero-order valence-corrected chi connectivity index (χ0v) is 15.6. The monoisotopic (exact) mass is 415 g/mol. The summed E-state index contributed by atoms with van der Waals surface area (Å²) in [5.74, 6) is 0.709. The number of sulfonamides is 1. The van der Waals surface area contributed by atoms with Crippen molar-refractivity contribution in [2.24, 2.45) is 0 Å². The third-order valence-corrected chi connectivity index (χ3v) is 6.14. The van der Waals surface area contributed by atoms with Crippen molar-refractivity contribution < 1.29 is 21.6 Å². The largest absolute Gasteiger partial charge is 0.417 e. The van der Waals surface area contributed by atoms with Crippen molar-refractivity contribution in [3.8, 4) is 0 Å². The zero-order valence-electron chi connectivity index (χ0n) is 14.0. The lowest BCUT2D eigenvalue weighted by molar-refractivity contribution is -0.139. The van der Waals surface area contributed by atoms with E-state index < -0.39 is 26.7 Å². The predicted octanol–water partition coefficient (Wildman–Crippen LogP) is 4.10. The smallest absolute Gasteiger partial charge is 0.369 e. The number of anilines is 1. The van der Waals surface area contributed by atoms with Crippen molar-refractivity contribution in [3.63, 3.8) is 0 Å². The maximum atomic E-state index is 13.0. The summed E-state index contributed by atoms with van der Waals surface area (Å²) in [5, 5.41) is 4.09. The molecule has 0 fully saturated rings. The lowest BCUT2D eigenvalue weighted by Crippen LogP contribution is -2.28. The van der Waals surface area contributed by atoms with Crippen LogP contribution in [0.4, 0.5) is 19.0 Å². The Balaban J connectivity index is 1.57. The molecule has 5 nitrogen and oxygen atoms in total. The molecule has 0 bridgehead atoms. The summed E-state index contributed by atoms with van der Waals surface area (Å²) < 4.78 is 71.0. The third-order valence-electron chi connectivity index (χ3n) is 3.80. The fourth-order valence-corrected chi connectivity index (χ4v) is 4.58. The summed E-state index contributed by atoms with van der Waals surface area (Å²) in [6, 6.07) is 11.8. The van der Waals surface area contributed by atoms with Crippen molar-refractivity contribution in [3.05, 3.63) is 54.1 Å². The van der Waals surface area contributed by atoms with E-state index in [1.165, 1.54) is 17.6 Å². The van der Waals surface area contributed by atoms with Crippen LogP contribution in [-0.2, 0) is 16.2 Å². The van der Waals surface area contributed by atoms with Crippen molar-refractivity contribution in [1.29, 1.82) is 0 Å². The SMILES string of the molecule is O=S(=O)(NCCCNc1nsc2ccccc12)c1ccccc1C(F)(F)F. The van der Waals surface area contributed by atoms with Crippen LogP contribution in [0.2, 0.25) is 0 Å². The molecular formula is C17H16F3N3O2S2. The Labute approximate surface area is 158 Å². The summed E-state index contributed by atoms with van der Waals surface area (Å²) in [6.45, 7) is 0.431. The molecule has 0 aliphatic heterocycles. The Kier molecular flexibility index (Phi) is 5.68. The number of rotatable bonds is 7. The van der Waals surface area contributed by atoms with Crippen molar-refractivity contribution >= 4 is 37.5 Å². The summed E-state index contributed by atoms with van der Waals surface area (Å²) >= 11 is 1.35. The second-order valence-electron chi connectivity index (χ2n) is 5.70. The molecule has 0 saturated carbocycles. The summed E-state index contributed by atoms with van der Waals surface area (Å²) in [5.41, 5.74) is -1.18. The van der Waals surface area contributed by atoms with Gasteiger partial charge in [0.1, 0.15) is 5.82 Å². The van der Waals surface area contributed by atoms with Gasteiger partial charge in [-0.15, -0.1) is 0 Å². The Bertz CT molecular complexity index is 1030. The van der Waals surface area contributed by atoms with Gasteiger partial charge in [-0.25, -0.2) is 13.1 Å². The second kappa shape index (κ2) is 7.83. The van der Waals surface area contributed by atoms with Crippen LogP contribution in [-0.4, -0.2) is 25.9 Å². The first kappa shape index (κ1) is 19.6. The number of hydrogen-bond acceptors (Lipinski definition) is 5. The van der Waals surface area contributed by atoms with Crippen molar-refractivity contribution in [1.82, 2.24) is 9.10 Å². The molecule has 0 saturated heterocycles. The average Bonchev–Trinajstić information content (AvgIpc) is 3.04. The number of benzene rings is 2. The number of nitrogens with one attached hydrogen (secondary N) is 2. The van der Waals surface area contributed by atoms with Crippen LogP contribution in [0, 0.1) is 0 Å². The van der Waals surface area contributed by atoms with E-state index in [0.29, 0.717) is 18.8 Å². The third kappa shape index (κ3) is 4.57. The first-order chi connectivity index (χ1) is 12.8. The fraction of sp³-hybridized carbons (Fsp3) is 0.235. The van der Waals surface area contributed by atoms with Crippen LogP contribution < -0.4 is 10.0 Å². The average molecular weight is 415 g/mol. The molecular weight excluding hydrogens is 399 g/mol. The number of alkyl halides is 3. The summed E-state index contributed by atoms with van der Waals surface area (Å²) in [6.07, 6.45) is -4.35. The van der Waals surface area contributed by atoms with E-state index in [2.05, 4.69) is 14.4 Å². The number of fused-ring (bicyclic) bond motifs is 1. The lowest BCUT2D eigenvalue weighted by Gasteiger charge is -2.13. The van der Waals surface area contributed by atoms with Gasteiger partial charge in [-0.2, -0.15) is 17.5 Å².